The molecule has 0 spiro atoms. The normalized spacial score (nSPS) is 11.8. The second-order valence-corrected chi connectivity index (χ2v) is 5.01. The summed E-state index contributed by atoms with van der Waals surface area (Å²) >= 11 is 0. The Balaban J connectivity index is 2.50. The molecule has 1 aromatic carbocycles. The van der Waals surface area contributed by atoms with Crippen molar-refractivity contribution in [3.8, 4) is 5.75 Å². The van der Waals surface area contributed by atoms with E-state index in [1.54, 1.807) is 26.0 Å². The van der Waals surface area contributed by atoms with Crippen molar-refractivity contribution in [3.63, 3.8) is 0 Å². The highest BCUT2D eigenvalue weighted by atomic mass is 16.5. The van der Waals surface area contributed by atoms with E-state index in [4.69, 9.17) is 9.84 Å². The summed E-state index contributed by atoms with van der Waals surface area (Å²) in [6.07, 6.45) is 0.265. The predicted octanol–water partition coefficient (Wildman–Crippen LogP) is 2.15. The minimum Gasteiger partial charge on any atom is -0.497 e. The Kier molecular flexibility index (Phi) is 6.03. The van der Waals surface area contributed by atoms with Gasteiger partial charge in [0.15, 0.2) is 0 Å². The average Bonchev–Trinajstić information content (AvgIpc) is 2.38. The predicted molar refractivity (Wildman–Crippen MR) is 75.5 cm³/mol. The molecule has 20 heavy (non-hydrogen) atoms. The smallest absolute Gasteiger partial charge is 0.303 e. The molecule has 0 aromatic heterocycles. The largest absolute Gasteiger partial charge is 0.497 e. The highest BCUT2D eigenvalue weighted by molar-refractivity contribution is 5.77. The third kappa shape index (κ3) is 5.30. The van der Waals surface area contributed by atoms with Crippen LogP contribution in [0.15, 0.2) is 24.3 Å². The van der Waals surface area contributed by atoms with Crippen molar-refractivity contribution >= 4 is 11.9 Å². The van der Waals surface area contributed by atoms with Gasteiger partial charge < -0.3 is 14.7 Å². The topological polar surface area (TPSA) is 66.8 Å². The summed E-state index contributed by atoms with van der Waals surface area (Å²) in [5.74, 6) is -0.297. The first-order valence-electron chi connectivity index (χ1n) is 6.51. The summed E-state index contributed by atoms with van der Waals surface area (Å²) in [6.45, 7) is 2.27. The number of ether oxygens (including phenoxy) is 1. The van der Waals surface area contributed by atoms with E-state index in [1.165, 1.54) is 0 Å². The van der Waals surface area contributed by atoms with Crippen LogP contribution in [0, 0.1) is 5.92 Å². The van der Waals surface area contributed by atoms with Gasteiger partial charge in [0.25, 0.3) is 0 Å². The molecule has 0 heterocycles. The maximum atomic E-state index is 12.0. The third-order valence-corrected chi connectivity index (χ3v) is 3.05. The summed E-state index contributed by atoms with van der Waals surface area (Å²) in [5.41, 5.74) is 1.01. The first-order chi connectivity index (χ1) is 9.42. The highest BCUT2D eigenvalue weighted by Gasteiger charge is 2.16. The minimum absolute atomic E-state index is 0.0160. The van der Waals surface area contributed by atoms with Gasteiger partial charge in [-0.25, -0.2) is 0 Å². The number of carboxylic acids is 1. The van der Waals surface area contributed by atoms with Crippen LogP contribution >= 0.6 is 0 Å². The molecular weight excluding hydrogens is 258 g/mol. The molecule has 0 aliphatic heterocycles. The number of hydrogen-bond donors (Lipinski definition) is 1. The van der Waals surface area contributed by atoms with Crippen molar-refractivity contribution in [2.24, 2.45) is 5.92 Å². The molecule has 0 aliphatic carbocycles. The van der Waals surface area contributed by atoms with Gasteiger partial charge in [-0.3, -0.25) is 9.59 Å². The van der Waals surface area contributed by atoms with E-state index in [0.717, 1.165) is 11.3 Å². The van der Waals surface area contributed by atoms with Crippen LogP contribution in [0.5, 0.6) is 5.75 Å². The Bertz CT molecular complexity index is 455. The molecule has 5 heteroatoms. The fraction of sp³-hybridized carbons (Fsp3) is 0.467. The van der Waals surface area contributed by atoms with Crippen LogP contribution in [0.1, 0.15) is 25.3 Å². The second kappa shape index (κ2) is 7.53. The van der Waals surface area contributed by atoms with Crippen molar-refractivity contribution in [1.29, 1.82) is 0 Å². The highest BCUT2D eigenvalue weighted by Crippen LogP contribution is 2.14. The molecule has 0 radical (unpaired) electrons. The molecule has 0 saturated carbocycles. The number of nitrogens with zero attached hydrogens (tertiary/aromatic N) is 1. The zero-order valence-corrected chi connectivity index (χ0v) is 12.1. The van der Waals surface area contributed by atoms with E-state index in [9.17, 15) is 9.59 Å². The van der Waals surface area contributed by atoms with Gasteiger partial charge in [0, 0.05) is 26.4 Å². The van der Waals surface area contributed by atoms with E-state index in [0.29, 0.717) is 6.54 Å². The number of hydrogen-bond acceptors (Lipinski definition) is 3. The van der Waals surface area contributed by atoms with Gasteiger partial charge in [-0.1, -0.05) is 19.1 Å². The van der Waals surface area contributed by atoms with Crippen LogP contribution in [0.25, 0.3) is 0 Å². The zero-order valence-electron chi connectivity index (χ0n) is 12.1. The summed E-state index contributed by atoms with van der Waals surface area (Å²) in [6, 6.07) is 7.51. The lowest BCUT2D eigenvalue weighted by atomic mass is 10.0. The number of rotatable bonds is 7. The van der Waals surface area contributed by atoms with Crippen LogP contribution in [-0.2, 0) is 16.1 Å². The van der Waals surface area contributed by atoms with Crippen molar-refractivity contribution in [2.45, 2.75) is 26.3 Å². The zero-order chi connectivity index (χ0) is 15.1. The molecule has 1 N–H and O–H groups in total. The maximum absolute atomic E-state index is 12.0. The summed E-state index contributed by atoms with van der Waals surface area (Å²) in [4.78, 5) is 24.2. The second-order valence-electron chi connectivity index (χ2n) is 5.01. The first-order valence-corrected chi connectivity index (χ1v) is 6.51. The number of carboxylic acid groups (broad SMARTS) is 1. The van der Waals surface area contributed by atoms with E-state index in [-0.39, 0.29) is 24.7 Å². The molecule has 1 rings (SSSR count). The number of carbonyl (C=O) groups is 2. The molecule has 0 bridgehead atoms. The Labute approximate surface area is 119 Å². The maximum Gasteiger partial charge on any atom is 0.303 e. The molecule has 0 aliphatic rings. The lowest BCUT2D eigenvalue weighted by molar-refractivity contribution is -0.138. The molecule has 0 saturated heterocycles. The van der Waals surface area contributed by atoms with Gasteiger partial charge in [0.1, 0.15) is 5.75 Å². The van der Waals surface area contributed by atoms with E-state index in [1.807, 2.05) is 24.3 Å². The van der Waals surface area contributed by atoms with Gasteiger partial charge in [0.05, 0.1) is 7.11 Å². The van der Waals surface area contributed by atoms with Crippen molar-refractivity contribution in [3.05, 3.63) is 29.8 Å². The van der Waals surface area contributed by atoms with Crippen LogP contribution in [0.4, 0.5) is 0 Å². The van der Waals surface area contributed by atoms with Gasteiger partial charge in [0.2, 0.25) is 5.91 Å². The van der Waals surface area contributed by atoms with E-state index >= 15 is 0 Å². The van der Waals surface area contributed by atoms with Gasteiger partial charge in [-0.05, 0) is 23.6 Å². The number of aliphatic carboxylic acids is 1. The van der Waals surface area contributed by atoms with Crippen molar-refractivity contribution in [2.75, 3.05) is 14.2 Å². The minimum atomic E-state index is -0.872. The van der Waals surface area contributed by atoms with Crippen molar-refractivity contribution < 1.29 is 19.4 Å². The fourth-order valence-electron chi connectivity index (χ4n) is 1.92. The fourth-order valence-corrected chi connectivity index (χ4v) is 1.92. The molecule has 1 unspecified atom stereocenters. The van der Waals surface area contributed by atoms with Crippen LogP contribution in [0.3, 0.4) is 0 Å². The number of methoxy groups -OCH3 is 1. The van der Waals surface area contributed by atoms with Gasteiger partial charge in [-0.15, -0.1) is 0 Å². The third-order valence-electron chi connectivity index (χ3n) is 3.05. The summed E-state index contributed by atoms with van der Waals surface area (Å²) in [7, 11) is 3.33. The average molecular weight is 279 g/mol. The molecule has 1 amide bonds. The molecule has 0 fully saturated rings. The van der Waals surface area contributed by atoms with Gasteiger partial charge in [-0.2, -0.15) is 0 Å². The Morgan fingerprint density at radius 1 is 1.25 bits per heavy atom. The van der Waals surface area contributed by atoms with E-state index < -0.39 is 5.97 Å². The van der Waals surface area contributed by atoms with Crippen LogP contribution in [0.2, 0.25) is 0 Å². The van der Waals surface area contributed by atoms with Gasteiger partial charge >= 0.3 is 5.97 Å². The monoisotopic (exact) mass is 279 g/mol. The standard InChI is InChI=1S/C15H21NO4/c1-11(9-15(18)19)8-14(17)16(2)10-12-4-6-13(20-3)7-5-12/h4-7,11H,8-10H2,1-3H3,(H,18,19). The lowest BCUT2D eigenvalue weighted by Gasteiger charge is -2.19. The quantitative estimate of drug-likeness (QED) is 0.830. The van der Waals surface area contributed by atoms with E-state index in [2.05, 4.69) is 0 Å². The molecule has 1 atom stereocenters. The summed E-state index contributed by atoms with van der Waals surface area (Å²) in [5, 5.41) is 8.68. The number of carbonyl (C=O) groups excluding carboxylic acids is 1. The Hall–Kier alpha value is -2.04. The van der Waals surface area contributed by atoms with Crippen molar-refractivity contribution in [1.82, 2.24) is 4.90 Å². The molecule has 5 nitrogen and oxygen atoms in total. The lowest BCUT2D eigenvalue weighted by Crippen LogP contribution is -2.28. The Morgan fingerprint density at radius 3 is 2.35 bits per heavy atom. The number of amides is 1. The first kappa shape index (κ1) is 16.0. The number of benzene rings is 1. The SMILES string of the molecule is COc1ccc(CN(C)C(=O)CC(C)CC(=O)O)cc1. The summed E-state index contributed by atoms with van der Waals surface area (Å²) < 4.78 is 5.08. The van der Waals surface area contributed by atoms with Crippen LogP contribution in [-0.4, -0.2) is 36.0 Å². The molecule has 110 valence electrons. The Morgan fingerprint density at radius 2 is 1.85 bits per heavy atom. The van der Waals surface area contributed by atoms with Crippen LogP contribution < -0.4 is 4.74 Å². The molecular formula is C15H21NO4. The molecule has 1 aromatic rings.